The van der Waals surface area contributed by atoms with Crippen LogP contribution in [0.15, 0.2) is 12.1 Å². The summed E-state index contributed by atoms with van der Waals surface area (Å²) in [5, 5.41) is 16.6. The first-order chi connectivity index (χ1) is 9.19. The first-order valence-electron chi connectivity index (χ1n) is 6.79. The van der Waals surface area contributed by atoms with E-state index in [1.165, 1.54) is 0 Å². The summed E-state index contributed by atoms with van der Waals surface area (Å²) in [5.74, 6) is 1.51. The molecule has 1 aliphatic rings. The molecule has 0 saturated carbocycles. The van der Waals surface area contributed by atoms with Gasteiger partial charge in [0.1, 0.15) is 6.07 Å². The minimum Gasteiger partial charge on any atom is -0.376 e. The molecule has 0 aliphatic carbocycles. The van der Waals surface area contributed by atoms with Gasteiger partial charge in [-0.25, -0.2) is 0 Å². The van der Waals surface area contributed by atoms with E-state index in [1.807, 2.05) is 12.1 Å². The van der Waals surface area contributed by atoms with Crippen LogP contribution in [0.5, 0.6) is 0 Å². The number of rotatable bonds is 5. The van der Waals surface area contributed by atoms with Gasteiger partial charge in [0.2, 0.25) is 0 Å². The van der Waals surface area contributed by atoms with Gasteiger partial charge in [-0.15, -0.1) is 10.2 Å². The van der Waals surface area contributed by atoms with Crippen molar-refractivity contribution in [2.75, 3.05) is 24.6 Å². The van der Waals surface area contributed by atoms with E-state index in [1.54, 1.807) is 6.07 Å². The Labute approximate surface area is 114 Å². The Kier molecular flexibility index (Phi) is 4.69. The lowest BCUT2D eigenvalue weighted by atomic mass is 10.1. The normalized spacial score (nSPS) is 18.8. The first-order valence-corrected chi connectivity index (χ1v) is 6.79. The zero-order valence-electron chi connectivity index (χ0n) is 11.5. The Bertz CT molecular complexity index is 438. The minimum absolute atomic E-state index is 0.288. The molecule has 1 saturated heterocycles. The Balaban J connectivity index is 1.82. The van der Waals surface area contributed by atoms with Crippen molar-refractivity contribution < 1.29 is 4.74 Å². The standard InChI is InChI=1S/C14H20N4O/c1-11(2)6-8-19-13-5-7-18(10-13)14-4-3-12(9-15)16-17-14/h3-4,11,13H,5-8,10H2,1-2H3. The fourth-order valence-corrected chi connectivity index (χ4v) is 2.10. The van der Waals surface area contributed by atoms with E-state index in [9.17, 15) is 0 Å². The molecule has 5 nitrogen and oxygen atoms in total. The highest BCUT2D eigenvalue weighted by atomic mass is 16.5. The smallest absolute Gasteiger partial charge is 0.163 e. The molecule has 1 unspecified atom stereocenters. The molecular weight excluding hydrogens is 240 g/mol. The molecule has 0 amide bonds. The maximum atomic E-state index is 8.69. The van der Waals surface area contributed by atoms with E-state index in [2.05, 4.69) is 28.9 Å². The van der Waals surface area contributed by atoms with Crippen LogP contribution in [-0.2, 0) is 4.74 Å². The van der Waals surface area contributed by atoms with E-state index >= 15 is 0 Å². The van der Waals surface area contributed by atoms with E-state index in [0.717, 1.165) is 38.4 Å². The number of ether oxygens (including phenoxy) is 1. The predicted molar refractivity (Wildman–Crippen MR) is 72.8 cm³/mol. The number of hydrogen-bond donors (Lipinski definition) is 0. The summed E-state index contributed by atoms with van der Waals surface area (Å²) < 4.78 is 5.87. The summed E-state index contributed by atoms with van der Waals surface area (Å²) >= 11 is 0. The van der Waals surface area contributed by atoms with Gasteiger partial charge in [-0.1, -0.05) is 13.8 Å². The molecule has 102 valence electrons. The van der Waals surface area contributed by atoms with Gasteiger partial charge in [0.05, 0.1) is 6.10 Å². The van der Waals surface area contributed by atoms with Crippen LogP contribution in [0.1, 0.15) is 32.4 Å². The van der Waals surface area contributed by atoms with E-state index in [4.69, 9.17) is 10.00 Å². The molecule has 2 heterocycles. The summed E-state index contributed by atoms with van der Waals surface area (Å²) in [7, 11) is 0. The van der Waals surface area contributed by atoms with Crippen LogP contribution < -0.4 is 4.90 Å². The lowest BCUT2D eigenvalue weighted by Crippen LogP contribution is -2.24. The largest absolute Gasteiger partial charge is 0.376 e. The second-order valence-corrected chi connectivity index (χ2v) is 5.30. The number of nitriles is 1. The molecule has 0 spiro atoms. The Hall–Kier alpha value is -1.67. The predicted octanol–water partition coefficient (Wildman–Crippen LogP) is 1.99. The molecular formula is C14H20N4O. The highest BCUT2D eigenvalue weighted by Crippen LogP contribution is 2.19. The number of aromatic nitrogens is 2. The first kappa shape index (κ1) is 13.8. The van der Waals surface area contributed by atoms with E-state index in [-0.39, 0.29) is 6.10 Å². The minimum atomic E-state index is 0.288. The van der Waals surface area contributed by atoms with Crippen LogP contribution in [0.25, 0.3) is 0 Å². The SMILES string of the molecule is CC(C)CCOC1CCN(c2ccc(C#N)nn2)C1. The molecule has 1 aromatic heterocycles. The third kappa shape index (κ3) is 3.90. The van der Waals surface area contributed by atoms with Gasteiger partial charge < -0.3 is 9.64 Å². The van der Waals surface area contributed by atoms with Gasteiger partial charge >= 0.3 is 0 Å². The third-order valence-corrected chi connectivity index (χ3v) is 3.28. The zero-order chi connectivity index (χ0) is 13.7. The summed E-state index contributed by atoms with van der Waals surface area (Å²) in [6.45, 7) is 7.04. The summed E-state index contributed by atoms with van der Waals surface area (Å²) in [5.41, 5.74) is 0.354. The fourth-order valence-electron chi connectivity index (χ4n) is 2.10. The molecule has 5 heteroatoms. The quantitative estimate of drug-likeness (QED) is 0.810. The number of nitrogens with zero attached hydrogens (tertiary/aromatic N) is 4. The van der Waals surface area contributed by atoms with Crippen LogP contribution in [0.4, 0.5) is 5.82 Å². The Morgan fingerprint density at radius 3 is 2.95 bits per heavy atom. The molecule has 1 aliphatic heterocycles. The third-order valence-electron chi connectivity index (χ3n) is 3.28. The molecule has 2 rings (SSSR count). The Morgan fingerprint density at radius 2 is 2.32 bits per heavy atom. The molecule has 1 fully saturated rings. The van der Waals surface area contributed by atoms with Crippen LogP contribution in [-0.4, -0.2) is 36.0 Å². The van der Waals surface area contributed by atoms with Crippen molar-refractivity contribution in [3.8, 4) is 6.07 Å². The van der Waals surface area contributed by atoms with Crippen molar-refractivity contribution in [1.82, 2.24) is 10.2 Å². The average molecular weight is 260 g/mol. The zero-order valence-corrected chi connectivity index (χ0v) is 11.5. The second-order valence-electron chi connectivity index (χ2n) is 5.30. The highest BCUT2D eigenvalue weighted by molar-refractivity contribution is 5.40. The van der Waals surface area contributed by atoms with E-state index in [0.29, 0.717) is 11.6 Å². The second kappa shape index (κ2) is 6.48. The molecule has 1 aromatic rings. The van der Waals surface area contributed by atoms with Gasteiger partial charge in [-0.05, 0) is 30.9 Å². The van der Waals surface area contributed by atoms with Gasteiger partial charge in [-0.3, -0.25) is 0 Å². The van der Waals surface area contributed by atoms with Crippen molar-refractivity contribution in [3.05, 3.63) is 17.8 Å². The summed E-state index contributed by atoms with van der Waals surface area (Å²) in [4.78, 5) is 2.16. The maximum absolute atomic E-state index is 8.69. The van der Waals surface area contributed by atoms with Gasteiger partial charge in [-0.2, -0.15) is 5.26 Å². The van der Waals surface area contributed by atoms with Crippen molar-refractivity contribution in [3.63, 3.8) is 0 Å². The average Bonchev–Trinajstić information content (AvgIpc) is 2.87. The molecule has 0 N–H and O–H groups in total. The molecule has 0 bridgehead atoms. The Morgan fingerprint density at radius 1 is 1.47 bits per heavy atom. The summed E-state index contributed by atoms with van der Waals surface area (Å²) in [6.07, 6.45) is 2.42. The van der Waals surface area contributed by atoms with Gasteiger partial charge in [0, 0.05) is 19.7 Å². The maximum Gasteiger partial charge on any atom is 0.163 e. The summed E-state index contributed by atoms with van der Waals surface area (Å²) in [6, 6.07) is 5.53. The van der Waals surface area contributed by atoms with Crippen molar-refractivity contribution in [2.24, 2.45) is 5.92 Å². The molecule has 0 radical (unpaired) electrons. The lowest BCUT2D eigenvalue weighted by Gasteiger charge is -2.17. The van der Waals surface area contributed by atoms with Crippen molar-refractivity contribution >= 4 is 5.82 Å². The van der Waals surface area contributed by atoms with Crippen LogP contribution in [0.2, 0.25) is 0 Å². The highest BCUT2D eigenvalue weighted by Gasteiger charge is 2.24. The molecule has 1 atom stereocenters. The van der Waals surface area contributed by atoms with Crippen molar-refractivity contribution in [2.45, 2.75) is 32.8 Å². The van der Waals surface area contributed by atoms with Crippen LogP contribution in [0, 0.1) is 17.2 Å². The number of hydrogen-bond acceptors (Lipinski definition) is 5. The lowest BCUT2D eigenvalue weighted by molar-refractivity contribution is 0.0609. The van der Waals surface area contributed by atoms with Crippen LogP contribution in [0.3, 0.4) is 0 Å². The molecule has 0 aromatic carbocycles. The monoisotopic (exact) mass is 260 g/mol. The van der Waals surface area contributed by atoms with Crippen molar-refractivity contribution in [1.29, 1.82) is 5.26 Å². The van der Waals surface area contributed by atoms with Gasteiger partial charge in [0.25, 0.3) is 0 Å². The van der Waals surface area contributed by atoms with Gasteiger partial charge in [0.15, 0.2) is 11.5 Å². The number of anilines is 1. The fraction of sp³-hybridized carbons (Fsp3) is 0.643. The topological polar surface area (TPSA) is 62.0 Å². The van der Waals surface area contributed by atoms with E-state index < -0.39 is 0 Å². The van der Waals surface area contributed by atoms with Crippen LogP contribution >= 0.6 is 0 Å². The molecule has 19 heavy (non-hydrogen) atoms.